The Morgan fingerprint density at radius 1 is 1.08 bits per heavy atom. The van der Waals surface area contributed by atoms with Gasteiger partial charge >= 0.3 is 5.97 Å². The van der Waals surface area contributed by atoms with Gasteiger partial charge in [0.25, 0.3) is 0 Å². The van der Waals surface area contributed by atoms with Gasteiger partial charge in [-0.2, -0.15) is 0 Å². The molecule has 2 atom stereocenters. The van der Waals surface area contributed by atoms with Crippen LogP contribution < -0.4 is 10.1 Å². The number of hydrogen-bond donors (Lipinski definition) is 1. The average Bonchev–Trinajstić information content (AvgIpc) is 3.38. The Morgan fingerprint density at radius 2 is 1.79 bits per heavy atom. The van der Waals surface area contributed by atoms with Gasteiger partial charge < -0.3 is 24.1 Å². The lowest BCUT2D eigenvalue weighted by molar-refractivity contribution is -0.157. The van der Waals surface area contributed by atoms with Crippen molar-refractivity contribution in [2.24, 2.45) is 0 Å². The van der Waals surface area contributed by atoms with E-state index in [4.69, 9.17) is 13.9 Å². The summed E-state index contributed by atoms with van der Waals surface area (Å²) in [7, 11) is -3.93. The van der Waals surface area contributed by atoms with Crippen molar-refractivity contribution in [3.8, 4) is 5.75 Å². The maximum atomic E-state index is 13.8. The SMILES string of the molecule is CN(C(=O)Cc1ccc2c(c1)NC(=O)CS2(=O)=O)[C@H](CN1CC[C@@H](O[Si](C)(C)C(C)(C)C)C1)c1cccc(OCC(=O)OC(C)(C)C)c1. The fourth-order valence-corrected chi connectivity index (χ4v) is 8.31. The molecule has 2 aromatic carbocycles. The second-order valence-corrected chi connectivity index (χ2v) is 22.0. The summed E-state index contributed by atoms with van der Waals surface area (Å²) in [6, 6.07) is 11.6. The number of likely N-dealkylation sites (tertiary alicyclic amines) is 1. The largest absolute Gasteiger partial charge is 0.482 e. The van der Waals surface area contributed by atoms with Crippen LogP contribution in [-0.4, -0.2) is 95.1 Å². The van der Waals surface area contributed by atoms with Gasteiger partial charge in [-0.3, -0.25) is 14.5 Å². The highest BCUT2D eigenvalue weighted by Crippen LogP contribution is 2.38. The summed E-state index contributed by atoms with van der Waals surface area (Å²) < 4.78 is 42.9. The molecule has 13 heteroatoms. The molecule has 1 fully saturated rings. The molecule has 4 rings (SSSR count). The minimum Gasteiger partial charge on any atom is -0.482 e. The quantitative estimate of drug-likeness (QED) is 0.255. The molecule has 0 aromatic heterocycles. The van der Waals surface area contributed by atoms with E-state index in [0.29, 0.717) is 17.9 Å². The van der Waals surface area contributed by atoms with E-state index in [0.717, 1.165) is 25.1 Å². The van der Waals surface area contributed by atoms with Crippen LogP contribution in [-0.2, 0) is 39.8 Å². The first-order valence-corrected chi connectivity index (χ1v) is 21.0. The second kappa shape index (κ2) is 14.3. The number of nitrogens with one attached hydrogen (secondary N) is 1. The van der Waals surface area contributed by atoms with Crippen LogP contribution in [0.1, 0.15) is 65.1 Å². The van der Waals surface area contributed by atoms with E-state index in [-0.39, 0.29) is 46.7 Å². The summed E-state index contributed by atoms with van der Waals surface area (Å²) in [6.07, 6.45) is 1.01. The molecule has 0 spiro atoms. The second-order valence-electron chi connectivity index (χ2n) is 15.3. The molecule has 1 saturated heterocycles. The normalized spacial score (nSPS) is 18.9. The molecule has 0 aliphatic carbocycles. The van der Waals surface area contributed by atoms with E-state index in [1.807, 2.05) is 18.2 Å². The highest BCUT2D eigenvalue weighted by atomic mass is 32.2. The Labute approximate surface area is 286 Å². The number of amides is 2. The number of ether oxygens (including phenoxy) is 2. The van der Waals surface area contributed by atoms with Crippen molar-refractivity contribution in [3.05, 3.63) is 53.6 Å². The first-order valence-electron chi connectivity index (χ1n) is 16.4. The Balaban J connectivity index is 1.55. The Kier molecular flexibility index (Phi) is 11.2. The Hall–Kier alpha value is -3.26. The minimum atomic E-state index is -3.73. The number of carbonyl (C=O) groups excluding carboxylic acids is 3. The van der Waals surface area contributed by atoms with Gasteiger partial charge in [0.1, 0.15) is 17.1 Å². The fourth-order valence-electron chi connectivity index (χ4n) is 5.64. The molecular formula is C35H51N3O8SSi. The molecule has 0 radical (unpaired) electrons. The van der Waals surface area contributed by atoms with Gasteiger partial charge in [0, 0.05) is 26.7 Å². The van der Waals surface area contributed by atoms with Crippen LogP contribution in [0.2, 0.25) is 18.1 Å². The smallest absolute Gasteiger partial charge is 0.344 e. The van der Waals surface area contributed by atoms with E-state index in [2.05, 4.69) is 44.1 Å². The van der Waals surface area contributed by atoms with Crippen LogP contribution >= 0.6 is 0 Å². The Morgan fingerprint density at radius 3 is 2.46 bits per heavy atom. The van der Waals surface area contributed by atoms with Gasteiger partial charge in [0.2, 0.25) is 11.8 Å². The first-order chi connectivity index (χ1) is 22.1. The van der Waals surface area contributed by atoms with Crippen LogP contribution in [0.5, 0.6) is 5.75 Å². The standard InChI is InChI=1S/C35H51N3O8SSi/c1-34(2,3)45-33(41)22-44-26-12-10-11-25(19-26)29(21-38-16-15-27(20-38)46-48(8,9)35(4,5)6)37(7)32(40)18-24-13-14-30-28(17-24)36-31(39)23-47(30,42)43/h10-14,17,19,27,29H,15-16,18,20-23H2,1-9H3,(H,36,39)/t27-,29-/m1/s1. The van der Waals surface area contributed by atoms with Gasteiger partial charge in [-0.15, -0.1) is 0 Å². The van der Waals surface area contributed by atoms with Crippen molar-refractivity contribution in [1.82, 2.24) is 9.80 Å². The molecule has 2 aliphatic heterocycles. The minimum absolute atomic E-state index is 0.00212. The summed E-state index contributed by atoms with van der Waals surface area (Å²) in [5.74, 6) is -1.37. The number of fused-ring (bicyclic) bond motifs is 1. The molecule has 11 nitrogen and oxygen atoms in total. The number of likely N-dealkylation sites (N-methyl/N-ethyl adjacent to an activating group) is 1. The van der Waals surface area contributed by atoms with Gasteiger partial charge in [-0.25, -0.2) is 13.2 Å². The molecule has 2 aromatic rings. The molecular weight excluding hydrogens is 651 g/mol. The summed E-state index contributed by atoms with van der Waals surface area (Å²) in [4.78, 5) is 42.2. The third kappa shape index (κ3) is 9.67. The van der Waals surface area contributed by atoms with E-state index in [9.17, 15) is 22.8 Å². The lowest BCUT2D eigenvalue weighted by Gasteiger charge is -2.38. The fraction of sp³-hybridized carbons (Fsp3) is 0.571. The zero-order valence-electron chi connectivity index (χ0n) is 29.7. The van der Waals surface area contributed by atoms with Crippen molar-refractivity contribution in [2.75, 3.05) is 44.4 Å². The molecule has 0 saturated carbocycles. The topological polar surface area (TPSA) is 132 Å². The number of anilines is 1. The van der Waals surface area contributed by atoms with Crippen molar-refractivity contribution < 1.29 is 36.7 Å². The maximum Gasteiger partial charge on any atom is 0.344 e. The molecule has 2 amide bonds. The van der Waals surface area contributed by atoms with Crippen LogP contribution in [0.15, 0.2) is 47.4 Å². The predicted molar refractivity (Wildman–Crippen MR) is 187 cm³/mol. The van der Waals surface area contributed by atoms with Crippen molar-refractivity contribution in [1.29, 1.82) is 0 Å². The molecule has 0 unspecified atom stereocenters. The van der Waals surface area contributed by atoms with Gasteiger partial charge in [-0.05, 0) is 80.7 Å². The van der Waals surface area contributed by atoms with Crippen LogP contribution in [0.25, 0.3) is 0 Å². The number of rotatable bonds is 11. The molecule has 2 aliphatic rings. The van der Waals surface area contributed by atoms with Gasteiger partial charge in [-0.1, -0.05) is 39.0 Å². The molecule has 1 N–H and O–H groups in total. The highest BCUT2D eigenvalue weighted by Gasteiger charge is 2.41. The van der Waals surface area contributed by atoms with Crippen molar-refractivity contribution in [3.63, 3.8) is 0 Å². The third-order valence-corrected chi connectivity index (χ3v) is 15.3. The lowest BCUT2D eigenvalue weighted by atomic mass is 10.0. The molecule has 2 heterocycles. The number of benzene rings is 2. The number of carbonyl (C=O) groups is 3. The number of nitrogens with zero attached hydrogens (tertiary/aromatic N) is 2. The first kappa shape index (κ1) is 37.6. The van der Waals surface area contributed by atoms with Crippen LogP contribution in [0, 0.1) is 0 Å². The van der Waals surface area contributed by atoms with E-state index in [1.54, 1.807) is 50.9 Å². The zero-order chi connectivity index (χ0) is 35.7. The molecule has 0 bridgehead atoms. The van der Waals surface area contributed by atoms with Crippen molar-refractivity contribution >= 4 is 41.6 Å². The number of sulfone groups is 1. The van der Waals surface area contributed by atoms with E-state index < -0.39 is 41.4 Å². The van der Waals surface area contributed by atoms with E-state index >= 15 is 0 Å². The predicted octanol–water partition coefficient (Wildman–Crippen LogP) is 4.97. The summed E-state index contributed by atoms with van der Waals surface area (Å²) in [6.45, 7) is 18.5. The van der Waals surface area contributed by atoms with Crippen LogP contribution in [0.3, 0.4) is 0 Å². The van der Waals surface area contributed by atoms with Gasteiger partial charge in [0.05, 0.1) is 29.1 Å². The summed E-state index contributed by atoms with van der Waals surface area (Å²) in [5, 5.41) is 2.71. The lowest BCUT2D eigenvalue weighted by Crippen LogP contribution is -2.45. The number of esters is 1. The summed E-state index contributed by atoms with van der Waals surface area (Å²) >= 11 is 0. The molecule has 48 heavy (non-hydrogen) atoms. The Bertz CT molecular complexity index is 1630. The van der Waals surface area contributed by atoms with Gasteiger partial charge in [0.15, 0.2) is 24.8 Å². The van der Waals surface area contributed by atoms with Crippen molar-refractivity contribution in [2.45, 2.75) is 95.2 Å². The van der Waals surface area contributed by atoms with Crippen LogP contribution in [0.4, 0.5) is 5.69 Å². The maximum absolute atomic E-state index is 13.8. The average molecular weight is 702 g/mol. The van der Waals surface area contributed by atoms with E-state index in [1.165, 1.54) is 6.07 Å². The highest BCUT2D eigenvalue weighted by molar-refractivity contribution is 7.92. The number of hydrogen-bond acceptors (Lipinski definition) is 9. The monoisotopic (exact) mass is 701 g/mol. The zero-order valence-corrected chi connectivity index (χ0v) is 31.5. The molecule has 264 valence electrons. The third-order valence-electron chi connectivity index (χ3n) is 9.14. The summed E-state index contributed by atoms with van der Waals surface area (Å²) in [5.41, 5.74) is 0.983.